The van der Waals surface area contributed by atoms with E-state index in [0.717, 1.165) is 22.7 Å². The Bertz CT molecular complexity index is 1330. The normalized spacial score (nSPS) is 10.8. The number of hydrogen-bond acceptors (Lipinski definition) is 6. The zero-order valence-electron chi connectivity index (χ0n) is 26.8. The van der Waals surface area contributed by atoms with E-state index in [9.17, 15) is 0 Å². The monoisotopic (exact) mass is 600 g/mol. The fourth-order valence-corrected chi connectivity index (χ4v) is 5.02. The summed E-state index contributed by atoms with van der Waals surface area (Å²) < 4.78 is 16.6. The van der Waals surface area contributed by atoms with E-state index >= 15 is 0 Å². The van der Waals surface area contributed by atoms with Crippen LogP contribution < -0.4 is 22.9 Å². The molecule has 8 N–H and O–H groups in total. The summed E-state index contributed by atoms with van der Waals surface area (Å²) >= 11 is -0.750. The predicted octanol–water partition coefficient (Wildman–Crippen LogP) is 8.86. The number of nitrogen functional groups attached to an aromatic ring is 4. The fraction of sp³-hybridized carbons (Fsp3) is 0.333. The average Bonchev–Trinajstić information content (AvgIpc) is 2.94. The zero-order chi connectivity index (χ0) is 32.4. The van der Waals surface area contributed by atoms with Crippen molar-refractivity contribution in [1.29, 1.82) is 0 Å². The Balaban J connectivity index is 0.000000275. The Morgan fingerprint density at radius 1 is 0.395 bits per heavy atom. The summed E-state index contributed by atoms with van der Waals surface area (Å²) in [4.78, 5) is 0. The fourth-order valence-electron chi connectivity index (χ4n) is 5.02. The van der Waals surface area contributed by atoms with Crippen LogP contribution in [0.5, 0.6) is 0 Å². The standard InChI is InChI=1S/2C18H24N2.O2S/c2*1-11(2)15-9-13(5-7-17(15)19)14-6-8-18(20)16(10-14)12(3)4;1-3-2/h2*5-12H,19-20H2,1-4H3;. The van der Waals surface area contributed by atoms with Crippen LogP contribution in [0.2, 0.25) is 0 Å². The smallest absolute Gasteiger partial charge is 0.335 e. The SMILES string of the molecule is CC(C)c1cc(-c2ccc(N)c(C(C)C)c2)ccc1N.CC(C)c1cc(-c2ccc(N)c(C(C)C)c2)ccc1N.O=S=O. The number of nitrogens with two attached hydrogens (primary N) is 4. The molecule has 0 atom stereocenters. The van der Waals surface area contributed by atoms with Gasteiger partial charge in [0.25, 0.3) is 0 Å². The largest absolute Gasteiger partial charge is 0.398 e. The lowest BCUT2D eigenvalue weighted by Crippen LogP contribution is -1.98. The summed E-state index contributed by atoms with van der Waals surface area (Å²) in [6.45, 7) is 17.3. The first-order chi connectivity index (χ1) is 20.2. The van der Waals surface area contributed by atoms with Gasteiger partial charge >= 0.3 is 11.6 Å². The summed E-state index contributed by atoms with van der Waals surface area (Å²) in [6.07, 6.45) is 0. The van der Waals surface area contributed by atoms with Crippen molar-refractivity contribution in [2.24, 2.45) is 0 Å². The van der Waals surface area contributed by atoms with Crippen molar-refractivity contribution in [3.63, 3.8) is 0 Å². The third-order valence-electron chi connectivity index (χ3n) is 7.50. The van der Waals surface area contributed by atoms with Gasteiger partial charge in [-0.3, -0.25) is 0 Å². The van der Waals surface area contributed by atoms with Crippen LogP contribution in [0, 0.1) is 0 Å². The van der Waals surface area contributed by atoms with Crippen LogP contribution in [0.3, 0.4) is 0 Å². The topological polar surface area (TPSA) is 138 Å². The quantitative estimate of drug-likeness (QED) is 0.163. The van der Waals surface area contributed by atoms with Gasteiger partial charge in [0.2, 0.25) is 0 Å². The Hall–Kier alpha value is -4.10. The molecule has 4 aromatic carbocycles. The van der Waals surface area contributed by atoms with Gasteiger partial charge < -0.3 is 22.9 Å². The second-order valence-corrected chi connectivity index (χ2v) is 12.2. The van der Waals surface area contributed by atoms with E-state index in [1.165, 1.54) is 44.5 Å². The van der Waals surface area contributed by atoms with Gasteiger partial charge in [-0.2, -0.15) is 8.42 Å². The molecule has 0 radical (unpaired) electrons. The van der Waals surface area contributed by atoms with Gasteiger partial charge in [0.05, 0.1) is 0 Å². The molecule has 0 saturated carbocycles. The van der Waals surface area contributed by atoms with Crippen LogP contribution in [0.4, 0.5) is 22.7 Å². The molecule has 0 fully saturated rings. The van der Waals surface area contributed by atoms with Crippen LogP contribution in [0.25, 0.3) is 22.3 Å². The molecule has 0 aliphatic carbocycles. The molecule has 0 amide bonds. The van der Waals surface area contributed by atoms with Gasteiger partial charge in [-0.25, -0.2) is 0 Å². The van der Waals surface area contributed by atoms with E-state index in [-0.39, 0.29) is 0 Å². The molecule has 0 heterocycles. The summed E-state index contributed by atoms with van der Waals surface area (Å²) in [7, 11) is 0. The van der Waals surface area contributed by atoms with Crippen molar-refractivity contribution in [2.45, 2.75) is 79.1 Å². The maximum absolute atomic E-state index is 8.29. The van der Waals surface area contributed by atoms with Gasteiger partial charge in [-0.15, -0.1) is 0 Å². The van der Waals surface area contributed by atoms with E-state index in [1.54, 1.807) is 0 Å². The maximum atomic E-state index is 8.29. The zero-order valence-corrected chi connectivity index (χ0v) is 27.6. The third kappa shape index (κ3) is 9.45. The molecular formula is C36H48N4O2S. The van der Waals surface area contributed by atoms with Crippen LogP contribution in [0.15, 0.2) is 72.8 Å². The van der Waals surface area contributed by atoms with Crippen molar-refractivity contribution < 1.29 is 8.42 Å². The minimum absolute atomic E-state index is 0.424. The van der Waals surface area contributed by atoms with Crippen molar-refractivity contribution in [3.8, 4) is 22.3 Å². The van der Waals surface area contributed by atoms with E-state index in [4.69, 9.17) is 31.4 Å². The molecule has 0 spiro atoms. The molecule has 4 rings (SSSR count). The Morgan fingerprint density at radius 2 is 0.558 bits per heavy atom. The molecule has 0 bridgehead atoms. The number of rotatable bonds is 6. The van der Waals surface area contributed by atoms with Crippen LogP contribution in [-0.4, -0.2) is 8.42 Å². The molecule has 230 valence electrons. The Morgan fingerprint density at radius 3 is 0.698 bits per heavy atom. The van der Waals surface area contributed by atoms with Crippen LogP contribution >= 0.6 is 0 Å². The first-order valence-electron chi connectivity index (χ1n) is 14.7. The molecular weight excluding hydrogens is 552 g/mol. The average molecular weight is 601 g/mol. The van der Waals surface area contributed by atoms with Crippen molar-refractivity contribution in [3.05, 3.63) is 95.1 Å². The van der Waals surface area contributed by atoms with Gasteiger partial charge in [-0.1, -0.05) is 79.7 Å². The second-order valence-electron chi connectivity index (χ2n) is 12.1. The van der Waals surface area contributed by atoms with Gasteiger partial charge in [0, 0.05) is 22.7 Å². The summed E-state index contributed by atoms with van der Waals surface area (Å²) in [6, 6.07) is 25.1. The first-order valence-corrected chi connectivity index (χ1v) is 15.4. The molecule has 6 nitrogen and oxygen atoms in total. The molecule has 0 saturated heterocycles. The van der Waals surface area contributed by atoms with E-state index in [2.05, 4.69) is 104 Å². The number of hydrogen-bond donors (Lipinski definition) is 4. The summed E-state index contributed by atoms with van der Waals surface area (Å²) in [5.41, 5.74) is 37.3. The van der Waals surface area contributed by atoms with E-state index in [0.29, 0.717) is 23.7 Å². The van der Waals surface area contributed by atoms with Crippen LogP contribution in [-0.2, 0) is 11.6 Å². The second kappa shape index (κ2) is 15.9. The molecule has 0 aliphatic heterocycles. The molecule has 7 heteroatoms. The summed E-state index contributed by atoms with van der Waals surface area (Å²) in [5.74, 6) is 1.70. The lowest BCUT2D eigenvalue weighted by atomic mass is 9.92. The number of benzene rings is 4. The third-order valence-corrected chi connectivity index (χ3v) is 7.50. The minimum Gasteiger partial charge on any atom is -0.398 e. The van der Waals surface area contributed by atoms with Crippen molar-refractivity contribution in [2.75, 3.05) is 22.9 Å². The number of anilines is 4. The Kier molecular flexibility index (Phi) is 13.0. The van der Waals surface area contributed by atoms with Gasteiger partial charge in [-0.05, 0) is 117 Å². The summed E-state index contributed by atoms with van der Waals surface area (Å²) in [5, 5.41) is 0. The van der Waals surface area contributed by atoms with Gasteiger partial charge in [0.15, 0.2) is 0 Å². The highest BCUT2D eigenvalue weighted by Gasteiger charge is 2.11. The first kappa shape index (κ1) is 35.1. The molecule has 0 aliphatic rings. The maximum Gasteiger partial charge on any atom is 0.335 e. The molecule has 4 aromatic rings. The molecule has 0 unspecified atom stereocenters. The Labute approximate surface area is 261 Å². The lowest BCUT2D eigenvalue weighted by molar-refractivity contribution is 0.630. The minimum atomic E-state index is -0.750. The predicted molar refractivity (Wildman–Crippen MR) is 187 cm³/mol. The highest BCUT2D eigenvalue weighted by molar-refractivity contribution is 7.51. The van der Waals surface area contributed by atoms with Gasteiger partial charge in [0.1, 0.15) is 0 Å². The van der Waals surface area contributed by atoms with Crippen LogP contribution in [0.1, 0.15) is 101 Å². The highest BCUT2D eigenvalue weighted by Crippen LogP contribution is 2.33. The lowest BCUT2D eigenvalue weighted by Gasteiger charge is -2.14. The molecule has 0 aromatic heterocycles. The highest BCUT2D eigenvalue weighted by atomic mass is 32.1. The van der Waals surface area contributed by atoms with E-state index < -0.39 is 11.6 Å². The van der Waals surface area contributed by atoms with Crippen molar-refractivity contribution >= 4 is 34.3 Å². The van der Waals surface area contributed by atoms with E-state index in [1.807, 2.05) is 24.3 Å². The van der Waals surface area contributed by atoms with Crippen molar-refractivity contribution in [1.82, 2.24) is 0 Å². The molecule has 43 heavy (non-hydrogen) atoms.